The molecule has 1 heterocycles. The van der Waals surface area contributed by atoms with E-state index in [-0.39, 0.29) is 28.9 Å². The fourth-order valence-corrected chi connectivity index (χ4v) is 3.77. The fourth-order valence-electron chi connectivity index (χ4n) is 3.23. The summed E-state index contributed by atoms with van der Waals surface area (Å²) in [5.41, 5.74) is -1.24. The van der Waals surface area contributed by atoms with Crippen molar-refractivity contribution in [3.63, 3.8) is 0 Å². The Balaban J connectivity index is 1.96. The van der Waals surface area contributed by atoms with Gasteiger partial charge in [0.1, 0.15) is 18.0 Å². The molecule has 0 fully saturated rings. The van der Waals surface area contributed by atoms with Gasteiger partial charge in [0.15, 0.2) is 5.69 Å². The number of amides is 1. The molecule has 11 heteroatoms. The highest BCUT2D eigenvalue weighted by atomic mass is 35.5. The van der Waals surface area contributed by atoms with E-state index in [4.69, 9.17) is 27.9 Å². The van der Waals surface area contributed by atoms with Gasteiger partial charge in [0.2, 0.25) is 5.88 Å². The molecule has 0 aliphatic carbocycles. The summed E-state index contributed by atoms with van der Waals surface area (Å²) in [5, 5.41) is 27.7. The average Bonchev–Trinajstić information content (AvgIpc) is 3.21. The number of benzene rings is 2. The first-order chi connectivity index (χ1) is 17.2. The summed E-state index contributed by atoms with van der Waals surface area (Å²) < 4.78 is 21.0. The van der Waals surface area contributed by atoms with Gasteiger partial charge in [-0.2, -0.15) is 5.10 Å². The molecule has 3 aromatic rings. The summed E-state index contributed by atoms with van der Waals surface area (Å²) in [6.07, 6.45) is -0.449. The fraction of sp³-hybridized carbons (Fsp3) is 0.346. The Morgan fingerprint density at radius 1 is 1.14 bits per heavy atom. The molecule has 2 atom stereocenters. The molecule has 0 saturated heterocycles. The van der Waals surface area contributed by atoms with Crippen molar-refractivity contribution < 1.29 is 28.9 Å². The van der Waals surface area contributed by atoms with Gasteiger partial charge in [0, 0.05) is 16.1 Å². The van der Waals surface area contributed by atoms with E-state index >= 15 is 0 Å². The van der Waals surface area contributed by atoms with Crippen molar-refractivity contribution in [2.45, 2.75) is 45.8 Å². The number of nitrogens with one attached hydrogen (secondary N) is 1. The summed E-state index contributed by atoms with van der Waals surface area (Å²) in [5.74, 6) is -2.31. The van der Waals surface area contributed by atoms with Crippen LogP contribution >= 0.6 is 23.2 Å². The second-order valence-corrected chi connectivity index (χ2v) is 10.7. The van der Waals surface area contributed by atoms with Crippen LogP contribution in [0.15, 0.2) is 48.5 Å². The quantitative estimate of drug-likeness (QED) is 0.326. The number of nitrogens with zero attached hydrogens (tertiary/aromatic N) is 2. The number of carbonyl (C=O) groups is 2. The molecule has 1 aromatic heterocycles. The molecular formula is C26H28Cl2FN3O5. The van der Waals surface area contributed by atoms with Crippen molar-refractivity contribution in [2.24, 2.45) is 5.41 Å². The van der Waals surface area contributed by atoms with E-state index in [0.717, 1.165) is 0 Å². The third kappa shape index (κ3) is 7.00. The Hall–Kier alpha value is -3.14. The number of aliphatic hydroxyl groups is 1. The first-order valence-corrected chi connectivity index (χ1v) is 12.1. The highest BCUT2D eigenvalue weighted by Gasteiger charge is 2.36. The van der Waals surface area contributed by atoms with E-state index in [0.29, 0.717) is 10.6 Å². The smallest absolute Gasteiger partial charge is 0.305 e. The van der Waals surface area contributed by atoms with Crippen LogP contribution < -0.4 is 10.1 Å². The SMILES string of the molecule is CC(C)(C)C(C)(O)COc1cc(C(=O)NC(CC(=O)O)c2ccc(Cl)cc2Cl)nn1-c1cccc(F)c1. The maximum absolute atomic E-state index is 13.9. The maximum atomic E-state index is 13.9. The molecule has 0 saturated carbocycles. The highest BCUT2D eigenvalue weighted by Crippen LogP contribution is 2.32. The summed E-state index contributed by atoms with van der Waals surface area (Å²) in [6, 6.07) is 10.4. The first-order valence-electron chi connectivity index (χ1n) is 11.4. The van der Waals surface area contributed by atoms with Crippen LogP contribution in [0.3, 0.4) is 0 Å². The zero-order valence-electron chi connectivity index (χ0n) is 20.8. The van der Waals surface area contributed by atoms with Crippen molar-refractivity contribution >= 4 is 35.1 Å². The van der Waals surface area contributed by atoms with Gasteiger partial charge in [-0.05, 0) is 48.2 Å². The van der Waals surface area contributed by atoms with Crippen molar-refractivity contribution in [1.82, 2.24) is 15.1 Å². The molecule has 0 radical (unpaired) electrons. The lowest BCUT2D eigenvalue weighted by Crippen LogP contribution is -2.45. The standard InChI is InChI=1S/C26H28Cl2FN3O5/c1-25(2,3)26(4,36)14-37-22-12-21(31-32(22)17-7-5-6-16(29)11-17)24(35)30-20(13-23(33)34)18-9-8-15(27)10-19(18)28/h5-12,20,36H,13-14H2,1-4H3,(H,30,35)(H,33,34). The van der Waals surface area contributed by atoms with Crippen LogP contribution in [0, 0.1) is 11.2 Å². The molecule has 2 unspecified atom stereocenters. The number of hydrogen-bond acceptors (Lipinski definition) is 5. The van der Waals surface area contributed by atoms with Gasteiger partial charge in [-0.1, -0.05) is 56.1 Å². The molecule has 198 valence electrons. The maximum Gasteiger partial charge on any atom is 0.305 e. The van der Waals surface area contributed by atoms with Crippen molar-refractivity contribution in [3.8, 4) is 11.6 Å². The zero-order chi connectivity index (χ0) is 27.5. The number of ether oxygens (including phenoxy) is 1. The normalized spacial score (nSPS) is 14.1. The van der Waals surface area contributed by atoms with Gasteiger partial charge in [-0.25, -0.2) is 9.07 Å². The van der Waals surface area contributed by atoms with E-state index in [2.05, 4.69) is 10.4 Å². The van der Waals surface area contributed by atoms with Crippen LogP contribution in [0.1, 0.15) is 56.2 Å². The Morgan fingerprint density at radius 3 is 2.43 bits per heavy atom. The molecule has 3 N–H and O–H groups in total. The van der Waals surface area contributed by atoms with Crippen molar-refractivity contribution in [1.29, 1.82) is 0 Å². The third-order valence-corrected chi connectivity index (χ3v) is 6.66. The van der Waals surface area contributed by atoms with Crippen molar-refractivity contribution in [3.05, 3.63) is 75.7 Å². The predicted molar refractivity (Wildman–Crippen MR) is 138 cm³/mol. The topological polar surface area (TPSA) is 114 Å². The van der Waals surface area contributed by atoms with Gasteiger partial charge in [-0.3, -0.25) is 9.59 Å². The number of carboxylic acids is 1. The summed E-state index contributed by atoms with van der Waals surface area (Å²) in [6.45, 7) is 7.03. The molecule has 8 nitrogen and oxygen atoms in total. The predicted octanol–water partition coefficient (Wildman–Crippen LogP) is 5.44. The Bertz CT molecular complexity index is 1300. The monoisotopic (exact) mass is 551 g/mol. The largest absolute Gasteiger partial charge is 0.481 e. The van der Waals surface area contributed by atoms with E-state index in [1.807, 2.05) is 20.8 Å². The molecule has 0 aliphatic heterocycles. The molecule has 0 bridgehead atoms. The van der Waals surface area contributed by atoms with E-state index in [9.17, 15) is 24.2 Å². The molecule has 0 spiro atoms. The lowest BCUT2D eigenvalue weighted by Gasteiger charge is -2.36. The molecular weight excluding hydrogens is 524 g/mol. The minimum Gasteiger partial charge on any atom is -0.481 e. The van der Waals surface area contributed by atoms with Crippen LogP contribution in [0.25, 0.3) is 5.69 Å². The molecule has 2 aromatic carbocycles. The summed E-state index contributed by atoms with van der Waals surface area (Å²) in [7, 11) is 0. The van der Waals surface area contributed by atoms with Crippen LogP contribution in [-0.2, 0) is 4.79 Å². The Labute approximate surface area is 224 Å². The Morgan fingerprint density at radius 2 is 1.84 bits per heavy atom. The number of carboxylic acid groups (broad SMARTS) is 1. The molecule has 37 heavy (non-hydrogen) atoms. The third-order valence-electron chi connectivity index (χ3n) is 6.10. The van der Waals surface area contributed by atoms with Gasteiger partial charge in [0.25, 0.3) is 5.91 Å². The second-order valence-electron chi connectivity index (χ2n) is 9.86. The van der Waals surface area contributed by atoms with Crippen LogP contribution in [-0.4, -0.2) is 44.1 Å². The highest BCUT2D eigenvalue weighted by molar-refractivity contribution is 6.35. The van der Waals surface area contributed by atoms with Gasteiger partial charge >= 0.3 is 5.97 Å². The number of halogens is 3. The van der Waals surface area contributed by atoms with Crippen molar-refractivity contribution in [2.75, 3.05) is 6.61 Å². The van der Waals surface area contributed by atoms with Crippen LogP contribution in [0.2, 0.25) is 10.0 Å². The number of aliphatic carboxylic acids is 1. The van der Waals surface area contributed by atoms with Crippen LogP contribution in [0.4, 0.5) is 4.39 Å². The lowest BCUT2D eigenvalue weighted by molar-refractivity contribution is -0.137. The van der Waals surface area contributed by atoms with E-state index in [1.54, 1.807) is 13.0 Å². The van der Waals surface area contributed by atoms with Crippen LogP contribution in [0.5, 0.6) is 5.88 Å². The first kappa shape index (κ1) is 28.4. The summed E-state index contributed by atoms with van der Waals surface area (Å²) in [4.78, 5) is 24.7. The van der Waals surface area contributed by atoms with E-state index in [1.165, 1.54) is 47.1 Å². The second kappa shape index (κ2) is 11.1. The van der Waals surface area contributed by atoms with E-state index < -0.39 is 41.2 Å². The summed E-state index contributed by atoms with van der Waals surface area (Å²) >= 11 is 12.2. The van der Waals surface area contributed by atoms with Gasteiger partial charge in [0.05, 0.1) is 18.2 Å². The molecule has 1 amide bonds. The van der Waals surface area contributed by atoms with Gasteiger partial charge < -0.3 is 20.3 Å². The minimum absolute atomic E-state index is 0.0829. The number of carbonyl (C=O) groups excluding carboxylic acids is 1. The number of hydrogen-bond donors (Lipinski definition) is 3. The molecule has 0 aliphatic rings. The minimum atomic E-state index is -1.25. The Kier molecular flexibility index (Phi) is 8.52. The average molecular weight is 552 g/mol. The van der Waals surface area contributed by atoms with Gasteiger partial charge in [-0.15, -0.1) is 0 Å². The number of aromatic nitrogens is 2. The lowest BCUT2D eigenvalue weighted by atomic mass is 9.78. The zero-order valence-corrected chi connectivity index (χ0v) is 22.3. The molecule has 3 rings (SSSR count). The number of rotatable bonds is 9.